The van der Waals surface area contributed by atoms with Gasteiger partial charge in [0.05, 0.1) is 10.8 Å². The van der Waals surface area contributed by atoms with Crippen molar-refractivity contribution in [2.75, 3.05) is 6.26 Å². The van der Waals surface area contributed by atoms with Crippen LogP contribution in [0.4, 0.5) is 8.78 Å². The van der Waals surface area contributed by atoms with Gasteiger partial charge in [0.15, 0.2) is 5.78 Å². The molecule has 4 heteroatoms. The van der Waals surface area contributed by atoms with E-state index in [0.717, 1.165) is 12.1 Å². The number of ketones is 1. The van der Waals surface area contributed by atoms with Crippen molar-refractivity contribution in [3.05, 3.63) is 35.4 Å². The first-order chi connectivity index (χ1) is 6.56. The lowest BCUT2D eigenvalue weighted by Crippen LogP contribution is -2.14. The third kappa shape index (κ3) is 2.32. The zero-order valence-electron chi connectivity index (χ0n) is 7.88. The fourth-order valence-corrected chi connectivity index (χ4v) is 1.36. The van der Waals surface area contributed by atoms with Crippen LogP contribution < -0.4 is 0 Å². The highest BCUT2D eigenvalue weighted by Gasteiger charge is 2.17. The van der Waals surface area contributed by atoms with Crippen molar-refractivity contribution in [1.82, 2.24) is 0 Å². The minimum atomic E-state index is -0.795. The van der Waals surface area contributed by atoms with Gasteiger partial charge in [-0.1, -0.05) is 0 Å². The zero-order valence-corrected chi connectivity index (χ0v) is 8.70. The Bertz CT molecular complexity index is 352. The number of hydrogen-bond acceptors (Lipinski definition) is 2. The Morgan fingerprint density at radius 3 is 2.57 bits per heavy atom. The molecule has 0 saturated carbocycles. The van der Waals surface area contributed by atoms with Crippen molar-refractivity contribution in [2.24, 2.45) is 0 Å². The van der Waals surface area contributed by atoms with Gasteiger partial charge in [-0.25, -0.2) is 8.78 Å². The van der Waals surface area contributed by atoms with Crippen molar-refractivity contribution in [1.29, 1.82) is 0 Å². The second-order valence-corrected chi connectivity index (χ2v) is 4.04. The quantitative estimate of drug-likeness (QED) is 0.723. The van der Waals surface area contributed by atoms with E-state index in [9.17, 15) is 13.6 Å². The highest BCUT2D eigenvalue weighted by Crippen LogP contribution is 2.16. The molecule has 0 amide bonds. The molecular formula is C10H10F2OS. The van der Waals surface area contributed by atoms with E-state index in [4.69, 9.17) is 0 Å². The number of carbonyl (C=O) groups is 1. The van der Waals surface area contributed by atoms with Gasteiger partial charge >= 0.3 is 0 Å². The minimum absolute atomic E-state index is 0.0479. The molecule has 0 spiro atoms. The molecule has 0 aliphatic carbocycles. The number of carbonyl (C=O) groups excluding carboxylic acids is 1. The van der Waals surface area contributed by atoms with E-state index in [1.165, 1.54) is 17.8 Å². The Kier molecular flexibility index (Phi) is 3.63. The van der Waals surface area contributed by atoms with Crippen LogP contribution in [0.5, 0.6) is 0 Å². The van der Waals surface area contributed by atoms with E-state index in [0.29, 0.717) is 0 Å². The maximum Gasteiger partial charge on any atom is 0.178 e. The van der Waals surface area contributed by atoms with Crippen LogP contribution in [0.2, 0.25) is 0 Å². The first kappa shape index (κ1) is 11.2. The molecule has 0 aromatic heterocycles. The summed E-state index contributed by atoms with van der Waals surface area (Å²) >= 11 is 1.33. The monoisotopic (exact) mass is 216 g/mol. The van der Waals surface area contributed by atoms with E-state index < -0.39 is 11.6 Å². The van der Waals surface area contributed by atoms with Crippen LogP contribution in [-0.2, 0) is 0 Å². The first-order valence-corrected chi connectivity index (χ1v) is 5.37. The first-order valence-electron chi connectivity index (χ1n) is 4.08. The van der Waals surface area contributed by atoms with Crippen LogP contribution in [0.3, 0.4) is 0 Å². The Labute approximate surface area is 85.5 Å². The lowest BCUT2D eigenvalue weighted by Gasteiger charge is -2.07. The molecule has 0 fully saturated rings. The molecule has 0 radical (unpaired) electrons. The van der Waals surface area contributed by atoms with Gasteiger partial charge in [-0.15, -0.1) is 0 Å². The van der Waals surface area contributed by atoms with Crippen LogP contribution in [0.1, 0.15) is 17.3 Å². The summed E-state index contributed by atoms with van der Waals surface area (Å²) in [6.45, 7) is 1.69. The SMILES string of the molecule is CSC(C)C(=O)c1ccc(F)cc1F. The van der Waals surface area contributed by atoms with Crippen molar-refractivity contribution >= 4 is 17.5 Å². The van der Waals surface area contributed by atoms with Gasteiger partial charge in [-0.2, -0.15) is 11.8 Å². The third-order valence-corrected chi connectivity index (χ3v) is 2.84. The third-order valence-electron chi connectivity index (χ3n) is 1.92. The molecular weight excluding hydrogens is 206 g/mol. The van der Waals surface area contributed by atoms with Crippen LogP contribution in [0.25, 0.3) is 0 Å². The molecule has 1 rings (SSSR count). The van der Waals surface area contributed by atoms with Gasteiger partial charge in [0.1, 0.15) is 11.6 Å². The summed E-state index contributed by atoms with van der Waals surface area (Å²) in [6.07, 6.45) is 1.77. The van der Waals surface area contributed by atoms with Gasteiger partial charge in [-0.05, 0) is 25.3 Å². The number of thioether (sulfide) groups is 1. The molecule has 0 heterocycles. The Balaban J connectivity index is 3.02. The molecule has 1 atom stereocenters. The van der Waals surface area contributed by atoms with E-state index >= 15 is 0 Å². The topological polar surface area (TPSA) is 17.1 Å². The highest BCUT2D eigenvalue weighted by atomic mass is 32.2. The van der Waals surface area contributed by atoms with Gasteiger partial charge in [-0.3, -0.25) is 4.79 Å². The normalized spacial score (nSPS) is 12.6. The molecule has 0 N–H and O–H groups in total. The zero-order chi connectivity index (χ0) is 10.7. The summed E-state index contributed by atoms with van der Waals surface area (Å²) in [7, 11) is 0. The maximum atomic E-state index is 13.1. The van der Waals surface area contributed by atoms with E-state index in [2.05, 4.69) is 0 Å². The minimum Gasteiger partial charge on any atom is -0.293 e. The second kappa shape index (κ2) is 4.55. The molecule has 1 aromatic carbocycles. The van der Waals surface area contributed by atoms with Crippen LogP contribution >= 0.6 is 11.8 Å². The fourth-order valence-electron chi connectivity index (χ4n) is 1.02. The largest absolute Gasteiger partial charge is 0.293 e. The van der Waals surface area contributed by atoms with Crippen molar-refractivity contribution in [3.8, 4) is 0 Å². The maximum absolute atomic E-state index is 13.1. The van der Waals surface area contributed by atoms with Crippen LogP contribution in [0.15, 0.2) is 18.2 Å². The molecule has 1 aromatic rings. The van der Waals surface area contributed by atoms with Gasteiger partial charge in [0, 0.05) is 6.07 Å². The number of benzene rings is 1. The Hall–Kier alpha value is -0.900. The van der Waals surface area contributed by atoms with Crippen LogP contribution in [-0.4, -0.2) is 17.3 Å². The van der Waals surface area contributed by atoms with Gasteiger partial charge in [0.2, 0.25) is 0 Å². The second-order valence-electron chi connectivity index (χ2n) is 2.87. The number of Topliss-reactive ketones (excluding diaryl/α,β-unsaturated/α-hetero) is 1. The predicted molar refractivity (Wildman–Crippen MR) is 53.7 cm³/mol. The van der Waals surface area contributed by atoms with Gasteiger partial charge in [0.25, 0.3) is 0 Å². The number of hydrogen-bond donors (Lipinski definition) is 0. The number of halogens is 2. The number of rotatable bonds is 3. The summed E-state index contributed by atoms with van der Waals surface area (Å²) in [6, 6.07) is 2.99. The molecule has 1 unspecified atom stereocenters. The average Bonchev–Trinajstić information content (AvgIpc) is 2.15. The smallest absolute Gasteiger partial charge is 0.178 e. The van der Waals surface area contributed by atoms with E-state index in [1.54, 1.807) is 13.2 Å². The summed E-state index contributed by atoms with van der Waals surface area (Å²) in [5, 5.41) is -0.310. The molecule has 1 nitrogen and oxygen atoms in total. The van der Waals surface area contributed by atoms with Crippen molar-refractivity contribution in [3.63, 3.8) is 0 Å². The summed E-state index contributed by atoms with van der Waals surface area (Å²) in [5.74, 6) is -1.78. The highest BCUT2D eigenvalue weighted by molar-refractivity contribution is 7.99. The van der Waals surface area contributed by atoms with E-state index in [-0.39, 0.29) is 16.6 Å². The van der Waals surface area contributed by atoms with E-state index in [1.807, 2.05) is 0 Å². The van der Waals surface area contributed by atoms with Crippen molar-refractivity contribution < 1.29 is 13.6 Å². The summed E-state index contributed by atoms with van der Waals surface area (Å²) < 4.78 is 25.7. The lowest BCUT2D eigenvalue weighted by atomic mass is 10.1. The molecule has 0 aliphatic heterocycles. The Morgan fingerprint density at radius 1 is 1.43 bits per heavy atom. The fraction of sp³-hybridized carbons (Fsp3) is 0.300. The Morgan fingerprint density at radius 2 is 2.07 bits per heavy atom. The lowest BCUT2D eigenvalue weighted by molar-refractivity contribution is 0.0990. The molecule has 0 aliphatic rings. The standard InChI is InChI=1S/C10H10F2OS/c1-6(14-2)10(13)8-4-3-7(11)5-9(8)12/h3-6H,1-2H3. The molecule has 76 valence electrons. The molecule has 14 heavy (non-hydrogen) atoms. The summed E-state index contributed by atoms with van der Waals surface area (Å²) in [4.78, 5) is 11.5. The predicted octanol–water partition coefficient (Wildman–Crippen LogP) is 2.90. The molecule has 0 bridgehead atoms. The van der Waals surface area contributed by atoms with Crippen LogP contribution in [0, 0.1) is 11.6 Å². The average molecular weight is 216 g/mol. The molecule has 0 saturated heterocycles. The van der Waals surface area contributed by atoms with Gasteiger partial charge < -0.3 is 0 Å². The summed E-state index contributed by atoms with van der Waals surface area (Å²) in [5.41, 5.74) is -0.0479. The van der Waals surface area contributed by atoms with Crippen molar-refractivity contribution in [2.45, 2.75) is 12.2 Å².